The molecule has 0 bridgehead atoms. The molecule has 0 saturated carbocycles. The maximum atomic E-state index is 11.3. The van der Waals surface area contributed by atoms with E-state index in [0.717, 1.165) is 5.69 Å². The smallest absolute Gasteiger partial charge is 0.171 e. The Hall–Kier alpha value is -1.51. The third kappa shape index (κ3) is 1.03. The standard InChI is InChI=1S/C9H8N2O/c1-6-2-3-7-8(12)4-5-10-9(7)11-6/h2-3,5H,4H2,1H3. The van der Waals surface area contributed by atoms with E-state index >= 15 is 0 Å². The first-order chi connectivity index (χ1) is 5.77. The van der Waals surface area contributed by atoms with Crippen molar-refractivity contribution < 1.29 is 4.79 Å². The number of rotatable bonds is 0. The number of carbonyl (C=O) groups is 1. The zero-order valence-electron chi connectivity index (χ0n) is 6.74. The van der Waals surface area contributed by atoms with Crippen LogP contribution in [0.15, 0.2) is 17.1 Å². The quantitative estimate of drug-likeness (QED) is 0.579. The lowest BCUT2D eigenvalue weighted by atomic mass is 10.1. The van der Waals surface area contributed by atoms with Crippen LogP contribution in [0.4, 0.5) is 5.82 Å². The Kier molecular flexibility index (Phi) is 1.50. The Morgan fingerprint density at radius 2 is 2.25 bits per heavy atom. The third-order valence-corrected chi connectivity index (χ3v) is 1.81. The lowest BCUT2D eigenvalue weighted by Crippen LogP contribution is -2.05. The molecule has 1 aromatic rings. The van der Waals surface area contributed by atoms with Crippen LogP contribution in [0.3, 0.4) is 0 Å². The second-order valence-corrected chi connectivity index (χ2v) is 2.76. The van der Waals surface area contributed by atoms with Crippen molar-refractivity contribution >= 4 is 17.8 Å². The van der Waals surface area contributed by atoms with Crippen LogP contribution < -0.4 is 0 Å². The van der Waals surface area contributed by atoms with Crippen molar-refractivity contribution in [2.75, 3.05) is 0 Å². The summed E-state index contributed by atoms with van der Waals surface area (Å²) in [6, 6.07) is 3.62. The van der Waals surface area contributed by atoms with Gasteiger partial charge in [0.25, 0.3) is 0 Å². The van der Waals surface area contributed by atoms with Gasteiger partial charge in [-0.25, -0.2) is 9.98 Å². The predicted octanol–water partition coefficient (Wildman–Crippen LogP) is 1.68. The van der Waals surface area contributed by atoms with Crippen molar-refractivity contribution in [3.05, 3.63) is 23.4 Å². The fourth-order valence-corrected chi connectivity index (χ4v) is 1.18. The number of hydrogen-bond donors (Lipinski definition) is 0. The molecule has 12 heavy (non-hydrogen) atoms. The molecule has 0 spiro atoms. The Morgan fingerprint density at radius 1 is 1.42 bits per heavy atom. The zero-order valence-corrected chi connectivity index (χ0v) is 6.74. The van der Waals surface area contributed by atoms with Gasteiger partial charge in [0.05, 0.1) is 5.56 Å². The van der Waals surface area contributed by atoms with E-state index in [4.69, 9.17) is 0 Å². The van der Waals surface area contributed by atoms with Crippen molar-refractivity contribution in [1.82, 2.24) is 4.98 Å². The maximum Gasteiger partial charge on any atom is 0.171 e. The van der Waals surface area contributed by atoms with E-state index in [2.05, 4.69) is 9.98 Å². The summed E-state index contributed by atoms with van der Waals surface area (Å²) >= 11 is 0. The highest BCUT2D eigenvalue weighted by Crippen LogP contribution is 2.21. The normalized spacial score (nSPS) is 14.6. The minimum atomic E-state index is 0.104. The molecule has 0 unspecified atom stereocenters. The maximum absolute atomic E-state index is 11.3. The molecule has 3 nitrogen and oxygen atoms in total. The molecule has 60 valence electrons. The summed E-state index contributed by atoms with van der Waals surface area (Å²) in [7, 11) is 0. The molecule has 2 heterocycles. The first-order valence-corrected chi connectivity index (χ1v) is 3.81. The van der Waals surface area contributed by atoms with Crippen LogP contribution in [-0.4, -0.2) is 17.0 Å². The number of aliphatic imine (C=N–C) groups is 1. The highest BCUT2D eigenvalue weighted by molar-refractivity contribution is 6.09. The van der Waals surface area contributed by atoms with E-state index in [0.29, 0.717) is 17.8 Å². The van der Waals surface area contributed by atoms with Gasteiger partial charge < -0.3 is 0 Å². The molecular formula is C9H8N2O. The van der Waals surface area contributed by atoms with Crippen molar-refractivity contribution in [2.24, 2.45) is 4.99 Å². The largest absolute Gasteiger partial charge is 0.294 e. The second-order valence-electron chi connectivity index (χ2n) is 2.76. The molecule has 1 aliphatic heterocycles. The lowest BCUT2D eigenvalue weighted by molar-refractivity contribution is 0.100. The molecule has 0 atom stereocenters. The van der Waals surface area contributed by atoms with Crippen molar-refractivity contribution in [1.29, 1.82) is 0 Å². The highest BCUT2D eigenvalue weighted by Gasteiger charge is 2.14. The Labute approximate surface area is 70.2 Å². The average molecular weight is 160 g/mol. The number of Topliss-reactive ketones (excluding diaryl/α,β-unsaturated/α-hetero) is 1. The highest BCUT2D eigenvalue weighted by atomic mass is 16.1. The summed E-state index contributed by atoms with van der Waals surface area (Å²) in [5, 5.41) is 0. The lowest BCUT2D eigenvalue weighted by Gasteiger charge is -2.06. The number of aryl methyl sites for hydroxylation is 1. The Morgan fingerprint density at radius 3 is 3.08 bits per heavy atom. The van der Waals surface area contributed by atoms with E-state index < -0.39 is 0 Å². The van der Waals surface area contributed by atoms with Crippen LogP contribution in [0.5, 0.6) is 0 Å². The molecular weight excluding hydrogens is 152 g/mol. The van der Waals surface area contributed by atoms with Gasteiger partial charge in [0.15, 0.2) is 11.6 Å². The summed E-state index contributed by atoms with van der Waals surface area (Å²) in [6.07, 6.45) is 2.01. The van der Waals surface area contributed by atoms with E-state index in [-0.39, 0.29) is 5.78 Å². The first kappa shape index (κ1) is 7.16. The van der Waals surface area contributed by atoms with Crippen LogP contribution in [0, 0.1) is 6.92 Å². The van der Waals surface area contributed by atoms with Gasteiger partial charge in [0.2, 0.25) is 0 Å². The molecule has 0 aromatic carbocycles. The summed E-state index contributed by atoms with van der Waals surface area (Å²) in [4.78, 5) is 19.5. The van der Waals surface area contributed by atoms with Crippen LogP contribution in [0.1, 0.15) is 22.5 Å². The zero-order chi connectivity index (χ0) is 8.55. The first-order valence-electron chi connectivity index (χ1n) is 3.81. The monoisotopic (exact) mass is 160 g/mol. The number of nitrogens with zero attached hydrogens (tertiary/aromatic N) is 2. The SMILES string of the molecule is Cc1ccc2c(n1)N=CCC2=O. The molecule has 0 saturated heterocycles. The van der Waals surface area contributed by atoms with Crippen molar-refractivity contribution in [3.8, 4) is 0 Å². The second kappa shape index (κ2) is 2.52. The molecule has 2 rings (SSSR count). The molecule has 0 amide bonds. The molecule has 3 heteroatoms. The van der Waals surface area contributed by atoms with Crippen LogP contribution in [-0.2, 0) is 0 Å². The number of hydrogen-bond acceptors (Lipinski definition) is 3. The molecule has 0 fully saturated rings. The van der Waals surface area contributed by atoms with E-state index in [9.17, 15) is 4.79 Å². The van der Waals surface area contributed by atoms with Gasteiger partial charge in [-0.3, -0.25) is 4.79 Å². The molecule has 1 aromatic heterocycles. The van der Waals surface area contributed by atoms with Gasteiger partial charge in [0.1, 0.15) is 0 Å². The summed E-state index contributed by atoms with van der Waals surface area (Å²) in [5.74, 6) is 0.666. The minimum absolute atomic E-state index is 0.104. The number of fused-ring (bicyclic) bond motifs is 1. The molecule has 0 N–H and O–H groups in total. The van der Waals surface area contributed by atoms with Crippen molar-refractivity contribution in [3.63, 3.8) is 0 Å². The van der Waals surface area contributed by atoms with Gasteiger partial charge in [0, 0.05) is 18.3 Å². The van der Waals surface area contributed by atoms with Crippen LogP contribution in [0.25, 0.3) is 0 Å². The van der Waals surface area contributed by atoms with E-state index in [1.165, 1.54) is 0 Å². The number of pyridine rings is 1. The predicted molar refractivity (Wildman–Crippen MR) is 46.1 cm³/mol. The Balaban J connectivity index is 2.62. The fraction of sp³-hybridized carbons (Fsp3) is 0.222. The summed E-state index contributed by atoms with van der Waals surface area (Å²) < 4.78 is 0. The molecule has 0 radical (unpaired) electrons. The fourth-order valence-electron chi connectivity index (χ4n) is 1.18. The third-order valence-electron chi connectivity index (χ3n) is 1.81. The minimum Gasteiger partial charge on any atom is -0.294 e. The number of carbonyl (C=O) groups excluding carboxylic acids is 1. The number of ketones is 1. The van der Waals surface area contributed by atoms with Gasteiger partial charge in [-0.1, -0.05) is 0 Å². The van der Waals surface area contributed by atoms with Gasteiger partial charge in [-0.2, -0.15) is 0 Å². The topological polar surface area (TPSA) is 42.3 Å². The van der Waals surface area contributed by atoms with Gasteiger partial charge in [-0.15, -0.1) is 0 Å². The molecule has 1 aliphatic rings. The van der Waals surface area contributed by atoms with E-state index in [1.807, 2.05) is 13.0 Å². The Bertz CT molecular complexity index is 369. The van der Waals surface area contributed by atoms with Gasteiger partial charge in [-0.05, 0) is 19.1 Å². The average Bonchev–Trinajstić information content (AvgIpc) is 2.04. The van der Waals surface area contributed by atoms with E-state index in [1.54, 1.807) is 12.3 Å². The van der Waals surface area contributed by atoms with Crippen molar-refractivity contribution in [2.45, 2.75) is 13.3 Å². The summed E-state index contributed by atoms with van der Waals surface area (Å²) in [5.41, 5.74) is 1.53. The number of aromatic nitrogens is 1. The van der Waals surface area contributed by atoms with Crippen LogP contribution >= 0.6 is 0 Å². The molecule has 0 aliphatic carbocycles. The summed E-state index contributed by atoms with van der Waals surface area (Å²) in [6.45, 7) is 1.88. The van der Waals surface area contributed by atoms with Gasteiger partial charge >= 0.3 is 0 Å². The van der Waals surface area contributed by atoms with Crippen LogP contribution in [0.2, 0.25) is 0 Å².